The Labute approximate surface area is 213 Å². The number of aryl methyl sites for hydroxylation is 1. The summed E-state index contributed by atoms with van der Waals surface area (Å²) in [6.07, 6.45) is 0. The van der Waals surface area contributed by atoms with Crippen LogP contribution in [0.25, 0.3) is 0 Å². The molecule has 0 radical (unpaired) electrons. The van der Waals surface area contributed by atoms with Crippen LogP contribution in [0.15, 0.2) is 71.6 Å². The number of amides is 1. The molecule has 3 aromatic carbocycles. The lowest BCUT2D eigenvalue weighted by atomic mass is 10.2. The lowest BCUT2D eigenvalue weighted by Gasteiger charge is -2.24. The SMILES string of the molecule is Cc1ccc(N(CC(=O)NCCSCc2c(F)cccc2Cl)S(=O)(=O)c2ccccc2)cc1Cl. The Morgan fingerprint density at radius 2 is 1.76 bits per heavy atom. The van der Waals surface area contributed by atoms with Crippen LogP contribution in [0.4, 0.5) is 10.1 Å². The van der Waals surface area contributed by atoms with E-state index in [1.807, 2.05) is 0 Å². The Bertz CT molecular complexity index is 1240. The predicted octanol–water partition coefficient (Wildman–Crippen LogP) is 5.69. The molecule has 3 rings (SSSR count). The first-order chi connectivity index (χ1) is 16.2. The van der Waals surface area contributed by atoms with Crippen molar-refractivity contribution in [3.63, 3.8) is 0 Å². The molecule has 0 atom stereocenters. The fourth-order valence-electron chi connectivity index (χ4n) is 3.07. The maximum atomic E-state index is 13.9. The molecule has 0 unspecified atom stereocenters. The molecule has 34 heavy (non-hydrogen) atoms. The van der Waals surface area contributed by atoms with E-state index >= 15 is 0 Å². The third-order valence-electron chi connectivity index (χ3n) is 4.94. The van der Waals surface area contributed by atoms with Crippen molar-refractivity contribution in [1.29, 1.82) is 0 Å². The zero-order valence-corrected chi connectivity index (χ0v) is 21.4. The molecule has 0 fully saturated rings. The van der Waals surface area contributed by atoms with Crippen molar-refractivity contribution in [2.45, 2.75) is 17.6 Å². The van der Waals surface area contributed by atoms with Crippen molar-refractivity contribution in [1.82, 2.24) is 5.32 Å². The van der Waals surface area contributed by atoms with Gasteiger partial charge in [-0.1, -0.05) is 53.5 Å². The van der Waals surface area contributed by atoms with Gasteiger partial charge in [0.2, 0.25) is 5.91 Å². The van der Waals surface area contributed by atoms with Crippen molar-refractivity contribution >= 4 is 56.6 Å². The predicted molar refractivity (Wildman–Crippen MR) is 138 cm³/mol. The number of hydrogen-bond acceptors (Lipinski definition) is 4. The standard InChI is InChI=1S/C24H23Cl2FN2O3S2/c1-17-10-11-18(14-22(17)26)29(34(31,32)19-6-3-2-4-7-19)15-24(30)28-12-13-33-16-20-21(25)8-5-9-23(20)27/h2-11,14H,12-13,15-16H2,1H3,(H,28,30). The molecule has 0 saturated heterocycles. The number of hydrogen-bond donors (Lipinski definition) is 1. The average Bonchev–Trinajstić information content (AvgIpc) is 2.81. The van der Waals surface area contributed by atoms with E-state index in [1.165, 1.54) is 36.0 Å². The van der Waals surface area contributed by atoms with Crippen molar-refractivity contribution in [3.8, 4) is 0 Å². The van der Waals surface area contributed by atoms with Crippen LogP contribution < -0.4 is 9.62 Å². The van der Waals surface area contributed by atoms with Gasteiger partial charge in [-0.15, -0.1) is 0 Å². The monoisotopic (exact) mass is 540 g/mol. The number of carbonyl (C=O) groups excluding carboxylic acids is 1. The van der Waals surface area contributed by atoms with Gasteiger partial charge in [-0.2, -0.15) is 11.8 Å². The Morgan fingerprint density at radius 3 is 2.44 bits per heavy atom. The molecule has 0 heterocycles. The fourth-order valence-corrected chi connectivity index (χ4v) is 5.87. The molecular formula is C24H23Cl2FN2O3S2. The van der Waals surface area contributed by atoms with Crippen LogP contribution in [0.5, 0.6) is 0 Å². The molecule has 0 saturated carbocycles. The number of sulfonamides is 1. The zero-order chi connectivity index (χ0) is 24.7. The van der Waals surface area contributed by atoms with Crippen molar-refractivity contribution in [2.24, 2.45) is 0 Å². The summed E-state index contributed by atoms with van der Waals surface area (Å²) < 4.78 is 41.5. The summed E-state index contributed by atoms with van der Waals surface area (Å²) in [5.74, 6) is 0.0129. The number of nitrogens with one attached hydrogen (secondary N) is 1. The van der Waals surface area contributed by atoms with Crippen LogP contribution in [0.1, 0.15) is 11.1 Å². The van der Waals surface area contributed by atoms with Crippen molar-refractivity contribution in [3.05, 3.63) is 93.7 Å². The summed E-state index contributed by atoms with van der Waals surface area (Å²) in [6, 6.07) is 17.3. The van der Waals surface area contributed by atoms with Gasteiger partial charge in [0, 0.05) is 33.7 Å². The normalized spacial score (nSPS) is 11.3. The summed E-state index contributed by atoms with van der Waals surface area (Å²) in [7, 11) is -4.01. The Balaban J connectivity index is 1.66. The van der Waals surface area contributed by atoms with Crippen molar-refractivity contribution < 1.29 is 17.6 Å². The molecule has 0 aromatic heterocycles. The molecule has 0 spiro atoms. The smallest absolute Gasteiger partial charge is 0.264 e. The lowest BCUT2D eigenvalue weighted by molar-refractivity contribution is -0.119. The van der Waals surface area contributed by atoms with Gasteiger partial charge < -0.3 is 5.32 Å². The van der Waals surface area contributed by atoms with E-state index < -0.39 is 22.5 Å². The summed E-state index contributed by atoms with van der Waals surface area (Å²) in [4.78, 5) is 12.7. The molecule has 1 amide bonds. The maximum Gasteiger partial charge on any atom is 0.264 e. The first-order valence-corrected chi connectivity index (χ1v) is 13.7. The van der Waals surface area contributed by atoms with E-state index in [1.54, 1.807) is 49.4 Å². The first kappa shape index (κ1) is 26.3. The molecule has 3 aromatic rings. The molecule has 0 aliphatic carbocycles. The van der Waals surface area contributed by atoms with Crippen LogP contribution in [0.3, 0.4) is 0 Å². The van der Waals surface area contributed by atoms with Gasteiger partial charge in [-0.25, -0.2) is 12.8 Å². The van der Waals surface area contributed by atoms with Gasteiger partial charge in [0.25, 0.3) is 10.0 Å². The molecule has 180 valence electrons. The average molecular weight is 541 g/mol. The van der Waals surface area contributed by atoms with Gasteiger partial charge in [-0.3, -0.25) is 9.10 Å². The fraction of sp³-hybridized carbons (Fsp3) is 0.208. The first-order valence-electron chi connectivity index (χ1n) is 10.3. The van der Waals surface area contributed by atoms with Crippen molar-refractivity contribution in [2.75, 3.05) is 23.1 Å². The summed E-state index contributed by atoms with van der Waals surface area (Å²) in [5.41, 5.74) is 1.49. The number of nitrogens with zero attached hydrogens (tertiary/aromatic N) is 1. The van der Waals surface area contributed by atoms with E-state index in [0.717, 1.165) is 9.87 Å². The Morgan fingerprint density at radius 1 is 1.03 bits per heavy atom. The van der Waals surface area contributed by atoms with Crippen LogP contribution in [0, 0.1) is 12.7 Å². The second-order valence-corrected chi connectivity index (χ2v) is 11.1. The van der Waals surface area contributed by atoms with E-state index in [9.17, 15) is 17.6 Å². The number of carbonyl (C=O) groups is 1. The number of halogens is 3. The van der Waals surface area contributed by atoms with Crippen LogP contribution >= 0.6 is 35.0 Å². The third-order valence-corrected chi connectivity index (χ3v) is 8.47. The van der Waals surface area contributed by atoms with E-state index in [4.69, 9.17) is 23.2 Å². The summed E-state index contributed by atoms with van der Waals surface area (Å²) in [5, 5.41) is 3.48. The van der Waals surface area contributed by atoms with Crippen LogP contribution in [-0.2, 0) is 20.6 Å². The molecule has 0 aliphatic heterocycles. The number of thioether (sulfide) groups is 1. The highest BCUT2D eigenvalue weighted by molar-refractivity contribution is 7.98. The molecular weight excluding hydrogens is 518 g/mol. The molecule has 0 bridgehead atoms. The lowest BCUT2D eigenvalue weighted by Crippen LogP contribution is -2.41. The zero-order valence-electron chi connectivity index (χ0n) is 18.3. The molecule has 5 nitrogen and oxygen atoms in total. The van der Waals surface area contributed by atoms with Crippen LogP contribution in [0.2, 0.25) is 10.0 Å². The maximum absolute atomic E-state index is 13.9. The molecule has 0 aliphatic rings. The largest absolute Gasteiger partial charge is 0.354 e. The van der Waals surface area contributed by atoms with Crippen LogP contribution in [-0.4, -0.2) is 33.2 Å². The molecule has 10 heteroatoms. The van der Waals surface area contributed by atoms with Gasteiger partial charge in [-0.05, 0) is 48.9 Å². The minimum Gasteiger partial charge on any atom is -0.354 e. The second kappa shape index (κ2) is 11.9. The van der Waals surface area contributed by atoms with E-state index in [0.29, 0.717) is 27.1 Å². The highest BCUT2D eigenvalue weighted by atomic mass is 35.5. The van der Waals surface area contributed by atoms with Gasteiger partial charge in [0.1, 0.15) is 12.4 Å². The number of anilines is 1. The van der Waals surface area contributed by atoms with E-state index in [-0.39, 0.29) is 22.9 Å². The number of benzene rings is 3. The Hall–Kier alpha value is -2.26. The second-order valence-electron chi connectivity index (χ2n) is 7.36. The van der Waals surface area contributed by atoms with Gasteiger partial charge >= 0.3 is 0 Å². The van der Waals surface area contributed by atoms with Gasteiger partial charge in [0.05, 0.1) is 10.6 Å². The summed E-state index contributed by atoms with van der Waals surface area (Å²) in [6.45, 7) is 1.67. The molecule has 1 N–H and O–H groups in total. The topological polar surface area (TPSA) is 66.5 Å². The minimum absolute atomic E-state index is 0.0665. The summed E-state index contributed by atoms with van der Waals surface area (Å²) >= 11 is 13.7. The number of rotatable bonds is 10. The van der Waals surface area contributed by atoms with E-state index in [2.05, 4.69) is 5.32 Å². The third kappa shape index (κ3) is 6.66. The van der Waals surface area contributed by atoms with Gasteiger partial charge in [0.15, 0.2) is 0 Å². The highest BCUT2D eigenvalue weighted by Crippen LogP contribution is 2.28. The minimum atomic E-state index is -4.01. The quantitative estimate of drug-likeness (QED) is 0.335. The highest BCUT2D eigenvalue weighted by Gasteiger charge is 2.27. The Kier molecular flexibility index (Phi) is 9.24.